The zero-order chi connectivity index (χ0) is 19.4. The molecule has 0 aliphatic carbocycles. The highest BCUT2D eigenvalue weighted by Crippen LogP contribution is 2.35. The molecule has 0 spiro atoms. The first-order valence-electron chi connectivity index (χ1n) is 7.80. The van der Waals surface area contributed by atoms with Crippen LogP contribution < -0.4 is 30.4 Å². The van der Waals surface area contributed by atoms with Gasteiger partial charge in [0.15, 0.2) is 22.7 Å². The molecule has 27 heavy (non-hydrogen) atoms. The van der Waals surface area contributed by atoms with Crippen molar-refractivity contribution in [3.8, 4) is 17.2 Å². The standard InChI is InChI=1S/C17H15BrClN3O4S/c1-9(26-11-3-5-14-15(7-11)25-8-24-14)16(23)21-22-17(27)20-13-4-2-10(18)6-12(13)19/h2-7,9H,8H2,1H3,(H,21,23)(H2,20,22,27). The van der Waals surface area contributed by atoms with Crippen molar-refractivity contribution in [1.82, 2.24) is 10.9 Å². The van der Waals surface area contributed by atoms with Crippen LogP contribution in [0.1, 0.15) is 6.92 Å². The van der Waals surface area contributed by atoms with Gasteiger partial charge in [-0.05, 0) is 49.5 Å². The van der Waals surface area contributed by atoms with Crippen molar-refractivity contribution in [3.05, 3.63) is 45.9 Å². The quantitative estimate of drug-likeness (QED) is 0.463. The largest absolute Gasteiger partial charge is 0.481 e. The highest BCUT2D eigenvalue weighted by atomic mass is 79.9. The van der Waals surface area contributed by atoms with Gasteiger partial charge in [-0.15, -0.1) is 0 Å². The Hall–Kier alpha value is -2.23. The number of halogens is 2. The summed E-state index contributed by atoms with van der Waals surface area (Å²) in [5, 5.41) is 3.56. The molecule has 2 aromatic rings. The van der Waals surface area contributed by atoms with Crippen LogP contribution in [0.5, 0.6) is 17.2 Å². The molecule has 0 radical (unpaired) electrons. The van der Waals surface area contributed by atoms with E-state index >= 15 is 0 Å². The van der Waals surface area contributed by atoms with E-state index in [1.807, 2.05) is 6.07 Å². The molecule has 0 fully saturated rings. The van der Waals surface area contributed by atoms with E-state index < -0.39 is 12.0 Å². The van der Waals surface area contributed by atoms with E-state index in [1.54, 1.807) is 37.3 Å². The van der Waals surface area contributed by atoms with Crippen LogP contribution in [0.3, 0.4) is 0 Å². The summed E-state index contributed by atoms with van der Waals surface area (Å²) < 4.78 is 17.0. The van der Waals surface area contributed by atoms with Gasteiger partial charge >= 0.3 is 0 Å². The van der Waals surface area contributed by atoms with E-state index in [1.165, 1.54) is 0 Å². The molecule has 7 nitrogen and oxygen atoms in total. The first kappa shape index (κ1) is 19.5. The van der Waals surface area contributed by atoms with E-state index in [-0.39, 0.29) is 11.9 Å². The van der Waals surface area contributed by atoms with Gasteiger partial charge < -0.3 is 19.5 Å². The summed E-state index contributed by atoms with van der Waals surface area (Å²) in [4.78, 5) is 12.2. The SMILES string of the molecule is CC(Oc1ccc2c(c1)OCO2)C(=O)NNC(=S)Nc1ccc(Br)cc1Cl. The fourth-order valence-corrected chi connectivity index (χ4v) is 3.05. The number of rotatable bonds is 4. The second kappa shape index (κ2) is 8.64. The zero-order valence-electron chi connectivity index (χ0n) is 14.0. The lowest BCUT2D eigenvalue weighted by molar-refractivity contribution is -0.127. The summed E-state index contributed by atoms with van der Waals surface area (Å²) in [6.45, 7) is 1.79. The minimum Gasteiger partial charge on any atom is -0.481 e. The fraction of sp³-hybridized carbons (Fsp3) is 0.176. The molecular formula is C17H15BrClN3O4S. The van der Waals surface area contributed by atoms with E-state index in [4.69, 9.17) is 38.0 Å². The lowest BCUT2D eigenvalue weighted by Crippen LogP contribution is -2.48. The van der Waals surface area contributed by atoms with E-state index in [0.29, 0.717) is 28.0 Å². The summed E-state index contributed by atoms with van der Waals surface area (Å²) in [7, 11) is 0. The highest BCUT2D eigenvalue weighted by molar-refractivity contribution is 9.10. The van der Waals surface area contributed by atoms with Gasteiger partial charge in [0.05, 0.1) is 10.7 Å². The molecule has 1 atom stereocenters. The average Bonchev–Trinajstić information content (AvgIpc) is 3.09. The van der Waals surface area contributed by atoms with Crippen LogP contribution in [0, 0.1) is 0 Å². The number of carbonyl (C=O) groups excluding carboxylic acids is 1. The molecular weight excluding hydrogens is 458 g/mol. The maximum absolute atomic E-state index is 12.2. The Morgan fingerprint density at radius 2 is 2.00 bits per heavy atom. The van der Waals surface area contributed by atoms with E-state index in [9.17, 15) is 4.79 Å². The van der Waals surface area contributed by atoms with Gasteiger partial charge in [-0.1, -0.05) is 27.5 Å². The van der Waals surface area contributed by atoms with Crippen LogP contribution in [-0.2, 0) is 4.79 Å². The van der Waals surface area contributed by atoms with Crippen molar-refractivity contribution in [3.63, 3.8) is 0 Å². The summed E-state index contributed by atoms with van der Waals surface area (Å²) in [6.07, 6.45) is -0.767. The molecule has 1 amide bonds. The van der Waals surface area contributed by atoms with Crippen molar-refractivity contribution in [1.29, 1.82) is 0 Å². The number of hydrogen-bond acceptors (Lipinski definition) is 5. The third kappa shape index (κ3) is 5.15. The van der Waals surface area contributed by atoms with Gasteiger partial charge in [0.2, 0.25) is 6.79 Å². The molecule has 0 bridgehead atoms. The van der Waals surface area contributed by atoms with Gasteiger partial charge in [-0.25, -0.2) is 0 Å². The van der Waals surface area contributed by atoms with Crippen molar-refractivity contribution in [2.24, 2.45) is 0 Å². The number of fused-ring (bicyclic) bond motifs is 1. The number of hydrazine groups is 1. The zero-order valence-corrected chi connectivity index (χ0v) is 17.2. The summed E-state index contributed by atoms with van der Waals surface area (Å²) >= 11 is 14.6. The van der Waals surface area contributed by atoms with Gasteiger partial charge in [0, 0.05) is 10.5 Å². The molecule has 2 aromatic carbocycles. The maximum atomic E-state index is 12.2. The Kier molecular flexibility index (Phi) is 6.25. The predicted molar refractivity (Wildman–Crippen MR) is 109 cm³/mol. The Labute approximate surface area is 174 Å². The third-order valence-electron chi connectivity index (χ3n) is 3.50. The molecule has 1 aliphatic rings. The minimum atomic E-state index is -0.767. The molecule has 10 heteroatoms. The number of amides is 1. The molecule has 0 saturated carbocycles. The molecule has 3 N–H and O–H groups in total. The number of benzene rings is 2. The molecule has 142 valence electrons. The van der Waals surface area contributed by atoms with Crippen LogP contribution in [-0.4, -0.2) is 23.9 Å². The van der Waals surface area contributed by atoms with Crippen LogP contribution in [0.4, 0.5) is 5.69 Å². The predicted octanol–water partition coefficient (Wildman–Crippen LogP) is 3.62. The summed E-state index contributed by atoms with van der Waals surface area (Å²) in [5.41, 5.74) is 5.69. The maximum Gasteiger partial charge on any atom is 0.279 e. The molecule has 3 rings (SSSR count). The van der Waals surface area contributed by atoms with Crippen molar-refractivity contribution < 1.29 is 19.0 Å². The highest BCUT2D eigenvalue weighted by Gasteiger charge is 2.18. The number of thiocarbonyl (C=S) groups is 1. The van der Waals surface area contributed by atoms with Crippen molar-refractivity contribution in [2.75, 3.05) is 12.1 Å². The average molecular weight is 473 g/mol. The lowest BCUT2D eigenvalue weighted by atomic mass is 10.3. The van der Waals surface area contributed by atoms with Gasteiger partial charge in [0.25, 0.3) is 5.91 Å². The number of ether oxygens (including phenoxy) is 3. The lowest BCUT2D eigenvalue weighted by Gasteiger charge is -2.17. The fourth-order valence-electron chi connectivity index (χ4n) is 2.17. The molecule has 0 aromatic heterocycles. The number of hydrogen-bond donors (Lipinski definition) is 3. The molecule has 1 unspecified atom stereocenters. The summed E-state index contributed by atoms with van der Waals surface area (Å²) in [5.74, 6) is 1.31. The van der Waals surface area contributed by atoms with Crippen LogP contribution in [0.15, 0.2) is 40.9 Å². The third-order valence-corrected chi connectivity index (χ3v) is 4.51. The van der Waals surface area contributed by atoms with Crippen molar-refractivity contribution >= 4 is 56.5 Å². The van der Waals surface area contributed by atoms with E-state index in [0.717, 1.165) is 4.47 Å². The number of nitrogens with one attached hydrogen (secondary N) is 3. The minimum absolute atomic E-state index is 0.172. The molecule has 1 aliphatic heterocycles. The number of anilines is 1. The smallest absolute Gasteiger partial charge is 0.279 e. The first-order chi connectivity index (χ1) is 12.9. The monoisotopic (exact) mass is 471 g/mol. The van der Waals surface area contributed by atoms with Crippen LogP contribution >= 0.6 is 39.7 Å². The topological polar surface area (TPSA) is 80.9 Å². The second-order valence-electron chi connectivity index (χ2n) is 5.47. The van der Waals surface area contributed by atoms with Crippen LogP contribution in [0.2, 0.25) is 5.02 Å². The Morgan fingerprint density at radius 1 is 1.22 bits per heavy atom. The Morgan fingerprint density at radius 3 is 2.78 bits per heavy atom. The van der Waals surface area contributed by atoms with Crippen LogP contribution in [0.25, 0.3) is 0 Å². The van der Waals surface area contributed by atoms with Gasteiger partial charge in [-0.2, -0.15) is 0 Å². The first-order valence-corrected chi connectivity index (χ1v) is 9.38. The van der Waals surface area contributed by atoms with Gasteiger partial charge in [0.1, 0.15) is 5.75 Å². The molecule has 1 heterocycles. The Balaban J connectivity index is 1.48. The van der Waals surface area contributed by atoms with Gasteiger partial charge in [-0.3, -0.25) is 15.6 Å². The van der Waals surface area contributed by atoms with E-state index in [2.05, 4.69) is 32.1 Å². The normalized spacial score (nSPS) is 12.9. The second-order valence-corrected chi connectivity index (χ2v) is 7.20. The molecule has 0 saturated heterocycles. The summed E-state index contributed by atoms with van der Waals surface area (Å²) in [6, 6.07) is 10.4. The number of carbonyl (C=O) groups is 1. The van der Waals surface area contributed by atoms with Crippen molar-refractivity contribution in [2.45, 2.75) is 13.0 Å². The Bertz CT molecular complexity index is 883.